The zero-order chi connectivity index (χ0) is 16.1. The number of rotatable bonds is 5. The average molecular weight is 304 g/mol. The SMILES string of the molecule is CC(O)c1ccccc1-c1ccc(OCc2ccccc2)cc1. The average Bonchev–Trinajstić information content (AvgIpc) is 2.61. The predicted octanol–water partition coefficient (Wildman–Crippen LogP) is 4.99. The number of hydrogen-bond donors (Lipinski definition) is 1. The van der Waals surface area contributed by atoms with E-state index >= 15 is 0 Å². The van der Waals surface area contributed by atoms with Crippen LogP contribution in [0.15, 0.2) is 78.9 Å². The molecule has 0 saturated carbocycles. The van der Waals surface area contributed by atoms with E-state index in [0.717, 1.165) is 28.0 Å². The molecule has 1 N–H and O–H groups in total. The van der Waals surface area contributed by atoms with Crippen LogP contribution < -0.4 is 4.74 Å². The van der Waals surface area contributed by atoms with Gasteiger partial charge in [0.15, 0.2) is 0 Å². The summed E-state index contributed by atoms with van der Waals surface area (Å²) < 4.78 is 5.81. The van der Waals surface area contributed by atoms with Crippen LogP contribution in [-0.4, -0.2) is 5.11 Å². The molecular formula is C21H20O2. The third kappa shape index (κ3) is 3.79. The first-order valence-electron chi connectivity index (χ1n) is 7.78. The van der Waals surface area contributed by atoms with Gasteiger partial charge in [0.05, 0.1) is 6.10 Å². The minimum Gasteiger partial charge on any atom is -0.489 e. The van der Waals surface area contributed by atoms with Gasteiger partial charge in [0.2, 0.25) is 0 Å². The summed E-state index contributed by atoms with van der Waals surface area (Å²) in [7, 11) is 0. The lowest BCUT2D eigenvalue weighted by atomic mass is 9.97. The first-order chi connectivity index (χ1) is 11.2. The number of hydrogen-bond acceptors (Lipinski definition) is 2. The molecule has 0 saturated heterocycles. The summed E-state index contributed by atoms with van der Waals surface area (Å²) in [6.45, 7) is 2.35. The maximum atomic E-state index is 9.91. The number of aliphatic hydroxyl groups excluding tert-OH is 1. The molecule has 0 aliphatic heterocycles. The van der Waals surface area contributed by atoms with E-state index in [0.29, 0.717) is 6.61 Å². The molecule has 0 bridgehead atoms. The van der Waals surface area contributed by atoms with Crippen LogP contribution in [0, 0.1) is 0 Å². The van der Waals surface area contributed by atoms with Gasteiger partial charge in [-0.1, -0.05) is 66.7 Å². The molecule has 1 unspecified atom stereocenters. The van der Waals surface area contributed by atoms with Crippen molar-refractivity contribution in [1.29, 1.82) is 0 Å². The maximum absolute atomic E-state index is 9.91. The largest absolute Gasteiger partial charge is 0.489 e. The zero-order valence-electron chi connectivity index (χ0n) is 13.1. The van der Waals surface area contributed by atoms with Gasteiger partial charge in [0, 0.05) is 0 Å². The Morgan fingerprint density at radius 2 is 1.48 bits per heavy atom. The van der Waals surface area contributed by atoms with Crippen molar-refractivity contribution in [3.05, 3.63) is 90.0 Å². The van der Waals surface area contributed by atoms with Gasteiger partial charge in [-0.15, -0.1) is 0 Å². The third-order valence-corrected chi connectivity index (χ3v) is 3.82. The van der Waals surface area contributed by atoms with Crippen molar-refractivity contribution in [2.75, 3.05) is 0 Å². The van der Waals surface area contributed by atoms with Crippen molar-refractivity contribution in [1.82, 2.24) is 0 Å². The van der Waals surface area contributed by atoms with Gasteiger partial charge in [-0.3, -0.25) is 0 Å². The minimum absolute atomic E-state index is 0.486. The minimum atomic E-state index is -0.486. The van der Waals surface area contributed by atoms with E-state index in [2.05, 4.69) is 0 Å². The molecule has 0 aliphatic carbocycles. The Balaban J connectivity index is 1.75. The fraction of sp³-hybridized carbons (Fsp3) is 0.143. The monoisotopic (exact) mass is 304 g/mol. The van der Waals surface area contributed by atoms with Gasteiger partial charge in [-0.25, -0.2) is 0 Å². The molecule has 0 heterocycles. The van der Waals surface area contributed by atoms with Gasteiger partial charge >= 0.3 is 0 Å². The normalized spacial score (nSPS) is 11.9. The van der Waals surface area contributed by atoms with Crippen LogP contribution in [0.25, 0.3) is 11.1 Å². The van der Waals surface area contributed by atoms with E-state index in [4.69, 9.17) is 4.74 Å². The van der Waals surface area contributed by atoms with Crippen molar-refractivity contribution >= 4 is 0 Å². The molecule has 3 aromatic rings. The number of ether oxygens (including phenoxy) is 1. The second-order valence-corrected chi connectivity index (χ2v) is 5.56. The first kappa shape index (κ1) is 15.3. The molecule has 3 aromatic carbocycles. The maximum Gasteiger partial charge on any atom is 0.119 e. The lowest BCUT2D eigenvalue weighted by molar-refractivity contribution is 0.200. The van der Waals surface area contributed by atoms with Gasteiger partial charge in [0.1, 0.15) is 12.4 Å². The van der Waals surface area contributed by atoms with Crippen molar-refractivity contribution in [3.63, 3.8) is 0 Å². The van der Waals surface area contributed by atoms with Crippen molar-refractivity contribution in [3.8, 4) is 16.9 Å². The Hall–Kier alpha value is -2.58. The molecule has 116 valence electrons. The molecule has 3 rings (SSSR count). The predicted molar refractivity (Wildman–Crippen MR) is 93.3 cm³/mol. The quantitative estimate of drug-likeness (QED) is 0.720. The Morgan fingerprint density at radius 3 is 2.17 bits per heavy atom. The molecule has 0 spiro atoms. The molecule has 1 atom stereocenters. The molecular weight excluding hydrogens is 284 g/mol. The highest BCUT2D eigenvalue weighted by atomic mass is 16.5. The zero-order valence-corrected chi connectivity index (χ0v) is 13.1. The highest BCUT2D eigenvalue weighted by molar-refractivity contribution is 5.68. The van der Waals surface area contributed by atoms with E-state index in [9.17, 15) is 5.11 Å². The van der Waals surface area contributed by atoms with Crippen molar-refractivity contribution < 1.29 is 9.84 Å². The Morgan fingerprint density at radius 1 is 0.826 bits per heavy atom. The molecule has 0 aromatic heterocycles. The third-order valence-electron chi connectivity index (χ3n) is 3.82. The summed E-state index contributed by atoms with van der Waals surface area (Å²) in [5, 5.41) is 9.91. The molecule has 2 heteroatoms. The summed E-state index contributed by atoms with van der Waals surface area (Å²) in [6.07, 6.45) is -0.486. The molecule has 0 amide bonds. The fourth-order valence-corrected chi connectivity index (χ4v) is 2.60. The molecule has 23 heavy (non-hydrogen) atoms. The van der Waals surface area contributed by atoms with Gasteiger partial charge in [-0.2, -0.15) is 0 Å². The van der Waals surface area contributed by atoms with E-state index in [1.165, 1.54) is 0 Å². The van der Waals surface area contributed by atoms with Gasteiger partial charge in [-0.05, 0) is 41.3 Å². The van der Waals surface area contributed by atoms with Crippen molar-refractivity contribution in [2.45, 2.75) is 19.6 Å². The summed E-state index contributed by atoms with van der Waals surface area (Å²) in [5.74, 6) is 0.840. The molecule has 0 radical (unpaired) electrons. The summed E-state index contributed by atoms with van der Waals surface area (Å²) in [6, 6.07) is 26.0. The van der Waals surface area contributed by atoms with Crippen LogP contribution >= 0.6 is 0 Å². The smallest absolute Gasteiger partial charge is 0.119 e. The highest BCUT2D eigenvalue weighted by Gasteiger charge is 2.09. The topological polar surface area (TPSA) is 29.5 Å². The van der Waals surface area contributed by atoms with Crippen LogP contribution in [0.4, 0.5) is 0 Å². The number of aliphatic hydroxyl groups is 1. The summed E-state index contributed by atoms with van der Waals surface area (Å²) >= 11 is 0. The van der Waals surface area contributed by atoms with E-state index < -0.39 is 6.10 Å². The molecule has 0 fully saturated rings. The Bertz CT molecular complexity index is 746. The van der Waals surface area contributed by atoms with Gasteiger partial charge in [0.25, 0.3) is 0 Å². The van der Waals surface area contributed by atoms with E-state index in [1.807, 2.05) is 78.9 Å². The highest BCUT2D eigenvalue weighted by Crippen LogP contribution is 2.29. The standard InChI is InChI=1S/C21H20O2/c1-16(22)20-9-5-6-10-21(20)18-11-13-19(14-12-18)23-15-17-7-3-2-4-8-17/h2-14,16,22H,15H2,1H3. The Kier molecular flexibility index (Phi) is 4.74. The van der Waals surface area contributed by atoms with Crippen LogP contribution in [0.1, 0.15) is 24.2 Å². The summed E-state index contributed by atoms with van der Waals surface area (Å²) in [4.78, 5) is 0. The van der Waals surface area contributed by atoms with Crippen LogP contribution in [0.3, 0.4) is 0 Å². The molecule has 2 nitrogen and oxygen atoms in total. The Labute approximate surface area is 137 Å². The first-order valence-corrected chi connectivity index (χ1v) is 7.78. The van der Waals surface area contributed by atoms with Crippen LogP contribution in [0.5, 0.6) is 5.75 Å². The lowest BCUT2D eigenvalue weighted by Crippen LogP contribution is -1.96. The number of benzene rings is 3. The molecule has 0 aliphatic rings. The lowest BCUT2D eigenvalue weighted by Gasteiger charge is -2.13. The van der Waals surface area contributed by atoms with Crippen LogP contribution in [0.2, 0.25) is 0 Å². The van der Waals surface area contributed by atoms with Crippen molar-refractivity contribution in [2.24, 2.45) is 0 Å². The van der Waals surface area contributed by atoms with Crippen LogP contribution in [-0.2, 0) is 6.61 Å². The van der Waals surface area contributed by atoms with E-state index in [-0.39, 0.29) is 0 Å². The second kappa shape index (κ2) is 7.12. The van der Waals surface area contributed by atoms with Gasteiger partial charge < -0.3 is 9.84 Å². The second-order valence-electron chi connectivity index (χ2n) is 5.56. The van der Waals surface area contributed by atoms with E-state index in [1.54, 1.807) is 6.92 Å². The summed E-state index contributed by atoms with van der Waals surface area (Å²) in [5.41, 5.74) is 4.21. The fourth-order valence-electron chi connectivity index (χ4n) is 2.60.